The number of benzene rings is 1. The Kier molecular flexibility index (Phi) is 8.22. The Morgan fingerprint density at radius 2 is 1.89 bits per heavy atom. The maximum atomic E-state index is 15.2. The van der Waals surface area contributed by atoms with Crippen molar-refractivity contribution in [2.75, 3.05) is 26.7 Å². The fourth-order valence-electron chi connectivity index (χ4n) is 4.56. The maximum absolute atomic E-state index is 15.2. The van der Waals surface area contributed by atoms with Crippen molar-refractivity contribution in [2.24, 2.45) is 0 Å². The zero-order valence-electron chi connectivity index (χ0n) is 22.7. The molecule has 0 bridgehead atoms. The Bertz CT molecular complexity index is 1320. The third-order valence-electron chi connectivity index (χ3n) is 6.73. The summed E-state index contributed by atoms with van der Waals surface area (Å²) < 4.78 is 25.0. The Hall–Kier alpha value is -2.15. The van der Waals surface area contributed by atoms with Crippen LogP contribution in [0.2, 0.25) is 30.8 Å². The lowest BCUT2D eigenvalue weighted by Crippen LogP contribution is -2.31. The van der Waals surface area contributed by atoms with Crippen LogP contribution in [0.3, 0.4) is 0 Å². The zero-order chi connectivity index (χ0) is 27.0. The molecular formula is C28H38ClFN4O2Si. The molecule has 0 spiro atoms. The van der Waals surface area contributed by atoms with Crippen molar-refractivity contribution in [3.63, 3.8) is 0 Å². The van der Waals surface area contributed by atoms with Crippen LogP contribution < -0.4 is 0 Å². The average molecular weight is 545 g/mol. The third kappa shape index (κ3) is 7.04. The van der Waals surface area contributed by atoms with E-state index < -0.39 is 19.5 Å². The van der Waals surface area contributed by atoms with Gasteiger partial charge in [-0.05, 0) is 65.0 Å². The molecule has 2 aromatic heterocycles. The number of aromatic nitrogens is 3. The Labute approximate surface area is 225 Å². The van der Waals surface area contributed by atoms with Crippen molar-refractivity contribution >= 4 is 30.6 Å². The predicted octanol–water partition coefficient (Wildman–Crippen LogP) is 6.00. The molecule has 1 aliphatic rings. The SMILES string of the molecule is CN1CCC(n2cc(-c3cn(COCC[Si](C)(C)C)nc3Cl)c3cc(C#CC(C)(C)O)c(F)cc32)CC1. The number of nitrogens with zero attached hydrogens (tertiary/aromatic N) is 4. The normalized spacial score (nSPS) is 15.8. The highest BCUT2D eigenvalue weighted by molar-refractivity contribution is 6.76. The summed E-state index contributed by atoms with van der Waals surface area (Å²) >= 11 is 6.64. The predicted molar refractivity (Wildman–Crippen MR) is 151 cm³/mol. The Balaban J connectivity index is 1.74. The van der Waals surface area contributed by atoms with Gasteiger partial charge in [-0.3, -0.25) is 0 Å². The van der Waals surface area contributed by atoms with Crippen LogP contribution in [0.4, 0.5) is 4.39 Å². The van der Waals surface area contributed by atoms with Gasteiger partial charge in [0.15, 0.2) is 5.15 Å². The minimum Gasteiger partial charge on any atom is -0.378 e. The lowest BCUT2D eigenvalue weighted by Gasteiger charge is -2.30. The number of hydrogen-bond donors (Lipinski definition) is 1. The molecule has 3 aromatic rings. The number of ether oxygens (including phenoxy) is 1. The summed E-state index contributed by atoms with van der Waals surface area (Å²) in [4.78, 5) is 2.32. The molecule has 0 radical (unpaired) electrons. The smallest absolute Gasteiger partial charge is 0.159 e. The summed E-state index contributed by atoms with van der Waals surface area (Å²) in [6.45, 7) is 13.1. The molecule has 4 rings (SSSR count). The molecule has 3 heterocycles. The highest BCUT2D eigenvalue weighted by Crippen LogP contribution is 2.38. The second-order valence-corrected chi connectivity index (χ2v) is 17.8. The van der Waals surface area contributed by atoms with Crippen LogP contribution in [0.1, 0.15) is 38.3 Å². The van der Waals surface area contributed by atoms with E-state index in [4.69, 9.17) is 16.3 Å². The minimum absolute atomic E-state index is 0.246. The molecule has 37 heavy (non-hydrogen) atoms. The number of piperidine rings is 1. The van der Waals surface area contributed by atoms with Crippen LogP contribution in [0.5, 0.6) is 0 Å². The zero-order valence-corrected chi connectivity index (χ0v) is 24.5. The van der Waals surface area contributed by atoms with Gasteiger partial charge >= 0.3 is 0 Å². The maximum Gasteiger partial charge on any atom is 0.159 e. The molecule has 9 heteroatoms. The van der Waals surface area contributed by atoms with Crippen LogP contribution in [0.25, 0.3) is 22.0 Å². The van der Waals surface area contributed by atoms with Crippen molar-refractivity contribution in [3.8, 4) is 23.0 Å². The van der Waals surface area contributed by atoms with Crippen LogP contribution in [-0.2, 0) is 11.5 Å². The first-order chi connectivity index (χ1) is 17.3. The first kappa shape index (κ1) is 27.9. The van der Waals surface area contributed by atoms with Gasteiger partial charge in [0, 0.05) is 49.6 Å². The van der Waals surface area contributed by atoms with E-state index in [1.807, 2.05) is 6.20 Å². The van der Waals surface area contributed by atoms with E-state index in [0.29, 0.717) is 18.5 Å². The molecule has 6 nitrogen and oxygen atoms in total. The summed E-state index contributed by atoms with van der Waals surface area (Å²) in [6.07, 6.45) is 5.95. The minimum atomic E-state index is -1.22. The number of hydrogen-bond acceptors (Lipinski definition) is 4. The van der Waals surface area contributed by atoms with Crippen molar-refractivity contribution < 1.29 is 14.2 Å². The van der Waals surface area contributed by atoms with E-state index in [9.17, 15) is 5.11 Å². The Morgan fingerprint density at radius 3 is 2.54 bits per heavy atom. The van der Waals surface area contributed by atoms with Gasteiger partial charge in [0.1, 0.15) is 18.1 Å². The second kappa shape index (κ2) is 10.9. The number of likely N-dealkylation sites (tertiary alicyclic amines) is 1. The summed E-state index contributed by atoms with van der Waals surface area (Å²) in [7, 11) is 0.952. The van der Waals surface area contributed by atoms with Crippen molar-refractivity contribution in [2.45, 2.75) is 70.7 Å². The molecule has 200 valence electrons. The van der Waals surface area contributed by atoms with Gasteiger partial charge in [-0.1, -0.05) is 43.1 Å². The number of halogens is 2. The van der Waals surface area contributed by atoms with E-state index in [-0.39, 0.29) is 11.6 Å². The molecule has 1 N–H and O–H groups in total. The summed E-state index contributed by atoms with van der Waals surface area (Å²) in [6, 6.07) is 4.67. The van der Waals surface area contributed by atoms with Gasteiger partial charge in [-0.15, -0.1) is 0 Å². The quantitative estimate of drug-likeness (QED) is 0.225. The second-order valence-electron chi connectivity index (χ2n) is 11.9. The number of fused-ring (bicyclic) bond motifs is 1. The van der Waals surface area contributed by atoms with Crippen molar-refractivity contribution in [3.05, 3.63) is 41.1 Å². The molecule has 0 atom stereocenters. The molecule has 0 aliphatic carbocycles. The monoisotopic (exact) mass is 544 g/mol. The third-order valence-corrected chi connectivity index (χ3v) is 8.72. The Morgan fingerprint density at radius 1 is 1.19 bits per heavy atom. The van der Waals surface area contributed by atoms with Crippen LogP contribution in [0, 0.1) is 17.7 Å². The highest BCUT2D eigenvalue weighted by Gasteiger charge is 2.24. The lowest BCUT2D eigenvalue weighted by atomic mass is 10.0. The van der Waals surface area contributed by atoms with Gasteiger partial charge in [-0.2, -0.15) is 5.10 Å². The van der Waals surface area contributed by atoms with Gasteiger partial charge in [-0.25, -0.2) is 9.07 Å². The van der Waals surface area contributed by atoms with E-state index in [1.54, 1.807) is 30.7 Å². The molecule has 1 saturated heterocycles. The van der Waals surface area contributed by atoms with Gasteiger partial charge < -0.3 is 19.3 Å². The summed E-state index contributed by atoms with van der Waals surface area (Å²) in [5.74, 6) is 5.15. The topological polar surface area (TPSA) is 55.5 Å². The molecule has 1 fully saturated rings. The number of rotatable bonds is 7. The first-order valence-electron chi connectivity index (χ1n) is 12.9. The van der Waals surface area contributed by atoms with Gasteiger partial charge in [0.2, 0.25) is 0 Å². The summed E-state index contributed by atoms with van der Waals surface area (Å²) in [5, 5.41) is 15.8. The van der Waals surface area contributed by atoms with E-state index >= 15 is 4.39 Å². The van der Waals surface area contributed by atoms with Crippen LogP contribution >= 0.6 is 11.6 Å². The van der Waals surface area contributed by atoms with E-state index in [1.165, 1.54) is 0 Å². The molecular weight excluding hydrogens is 507 g/mol. The van der Waals surface area contributed by atoms with E-state index in [2.05, 4.69) is 59.3 Å². The molecule has 0 saturated carbocycles. The number of aliphatic hydroxyl groups is 1. The molecule has 1 aliphatic heterocycles. The lowest BCUT2D eigenvalue weighted by molar-refractivity contribution is 0.0786. The fourth-order valence-corrected chi connectivity index (χ4v) is 5.56. The molecule has 1 aromatic carbocycles. The largest absolute Gasteiger partial charge is 0.378 e. The molecule has 0 unspecified atom stereocenters. The van der Waals surface area contributed by atoms with Gasteiger partial charge in [0.05, 0.1) is 11.1 Å². The fraction of sp³-hybridized carbons (Fsp3) is 0.536. The highest BCUT2D eigenvalue weighted by atomic mass is 35.5. The van der Waals surface area contributed by atoms with Crippen LogP contribution in [0.15, 0.2) is 24.5 Å². The summed E-state index contributed by atoms with van der Waals surface area (Å²) in [5.41, 5.74) is 1.50. The van der Waals surface area contributed by atoms with Crippen LogP contribution in [-0.4, -0.2) is 64.8 Å². The average Bonchev–Trinajstić information content (AvgIpc) is 3.34. The van der Waals surface area contributed by atoms with E-state index in [0.717, 1.165) is 54.0 Å². The van der Waals surface area contributed by atoms with Crippen molar-refractivity contribution in [1.29, 1.82) is 0 Å². The first-order valence-corrected chi connectivity index (χ1v) is 17.0. The van der Waals surface area contributed by atoms with Gasteiger partial charge in [0.25, 0.3) is 0 Å². The standard InChI is InChI=1S/C28H38ClFN4O2Si/c1-28(2,35)10-7-20-15-22-23(24-17-33(31-27(24)29)19-36-13-14-37(4,5)6)18-34(26(22)16-25(20)30)21-8-11-32(3)12-9-21/h15-18,21,35H,8-9,11-14,19H2,1-6H3. The molecule has 0 amide bonds. The van der Waals surface area contributed by atoms with Crippen molar-refractivity contribution in [1.82, 2.24) is 19.2 Å².